The molecular weight excluding hydrogens is 599 g/mol. The zero-order valence-electron chi connectivity index (χ0n) is 32.8. The Kier molecular flexibility index (Phi) is 10.4. The summed E-state index contributed by atoms with van der Waals surface area (Å²) in [6.45, 7) is 39.1. The minimum Gasteiger partial charge on any atom is -0.386 e. The normalized spacial score (nSPS) is 13.8. The SMILES string of the molecule is CC(C)(C)c1cc(OP(=O)(Oc2cc(C(C)(C)C)cc(C(C)(C)C)c2)Oc2cc(C(C)(C)C)cc(C(C)(C)C)c2)cc(C(C)(C)C)c1. The summed E-state index contributed by atoms with van der Waals surface area (Å²) in [4.78, 5) is 0. The van der Waals surface area contributed by atoms with Gasteiger partial charge < -0.3 is 13.6 Å². The van der Waals surface area contributed by atoms with Crippen LogP contribution in [0.4, 0.5) is 0 Å². The van der Waals surface area contributed by atoms with Gasteiger partial charge in [-0.3, -0.25) is 0 Å². The molecule has 0 saturated heterocycles. The van der Waals surface area contributed by atoms with Gasteiger partial charge in [0.2, 0.25) is 0 Å². The van der Waals surface area contributed by atoms with Gasteiger partial charge in [0.15, 0.2) is 0 Å². The van der Waals surface area contributed by atoms with Gasteiger partial charge in [-0.1, -0.05) is 143 Å². The summed E-state index contributed by atoms with van der Waals surface area (Å²) in [5.41, 5.74) is 5.57. The fourth-order valence-corrected chi connectivity index (χ4v) is 6.20. The summed E-state index contributed by atoms with van der Waals surface area (Å²) in [7, 11) is -4.32. The Labute approximate surface area is 287 Å². The van der Waals surface area contributed by atoms with E-state index in [1.54, 1.807) is 0 Å². The third kappa shape index (κ3) is 10.4. The van der Waals surface area contributed by atoms with Crippen molar-refractivity contribution in [2.24, 2.45) is 0 Å². The molecule has 0 fully saturated rings. The second-order valence-corrected chi connectivity index (χ2v) is 20.9. The van der Waals surface area contributed by atoms with Crippen LogP contribution in [0, 0.1) is 0 Å². The first-order valence-electron chi connectivity index (χ1n) is 17.0. The van der Waals surface area contributed by atoms with Crippen molar-refractivity contribution in [3.63, 3.8) is 0 Å². The fraction of sp³-hybridized carbons (Fsp3) is 0.571. The van der Waals surface area contributed by atoms with Crippen LogP contribution in [0.1, 0.15) is 158 Å². The molecule has 47 heavy (non-hydrogen) atoms. The lowest BCUT2D eigenvalue weighted by atomic mass is 9.80. The molecular formula is C42H63O4P. The molecule has 0 atom stereocenters. The lowest BCUT2D eigenvalue weighted by Gasteiger charge is -2.29. The first-order valence-corrected chi connectivity index (χ1v) is 18.5. The molecule has 260 valence electrons. The predicted molar refractivity (Wildman–Crippen MR) is 201 cm³/mol. The predicted octanol–water partition coefficient (Wildman–Crippen LogP) is 13.1. The molecule has 0 aliphatic carbocycles. The highest BCUT2D eigenvalue weighted by Crippen LogP contribution is 2.52. The minimum atomic E-state index is -4.32. The summed E-state index contributed by atoms with van der Waals surface area (Å²) >= 11 is 0. The summed E-state index contributed by atoms with van der Waals surface area (Å²) in [5.74, 6) is 1.37. The van der Waals surface area contributed by atoms with Crippen molar-refractivity contribution in [3.05, 3.63) is 88.0 Å². The summed E-state index contributed by atoms with van der Waals surface area (Å²) < 4.78 is 34.7. The van der Waals surface area contributed by atoms with Crippen molar-refractivity contribution in [1.29, 1.82) is 0 Å². The van der Waals surface area contributed by atoms with E-state index in [0.29, 0.717) is 17.2 Å². The summed E-state index contributed by atoms with van der Waals surface area (Å²) in [5, 5.41) is 0. The van der Waals surface area contributed by atoms with Crippen LogP contribution in [0.3, 0.4) is 0 Å². The van der Waals surface area contributed by atoms with Crippen LogP contribution in [-0.4, -0.2) is 0 Å². The van der Waals surface area contributed by atoms with Crippen LogP contribution >= 0.6 is 7.82 Å². The van der Waals surface area contributed by atoms with Gasteiger partial charge in [0.25, 0.3) is 0 Å². The average Bonchev–Trinajstić information content (AvgIpc) is 2.84. The molecule has 0 bridgehead atoms. The van der Waals surface area contributed by atoms with Gasteiger partial charge in [0.1, 0.15) is 17.2 Å². The second-order valence-electron chi connectivity index (χ2n) is 19.5. The first-order chi connectivity index (χ1) is 20.9. The third-order valence-corrected chi connectivity index (χ3v) is 9.87. The lowest BCUT2D eigenvalue weighted by molar-refractivity contribution is 0.296. The number of hydrogen-bond acceptors (Lipinski definition) is 4. The number of hydrogen-bond donors (Lipinski definition) is 0. The molecule has 3 aromatic rings. The quantitative estimate of drug-likeness (QED) is 0.246. The molecule has 0 amide bonds. The molecule has 0 aliphatic heterocycles. The van der Waals surface area contributed by atoms with Crippen LogP contribution < -0.4 is 13.6 Å². The van der Waals surface area contributed by atoms with Crippen molar-refractivity contribution in [2.75, 3.05) is 0 Å². The van der Waals surface area contributed by atoms with Crippen LogP contribution in [0.25, 0.3) is 0 Å². The van der Waals surface area contributed by atoms with E-state index in [1.807, 2.05) is 36.4 Å². The van der Waals surface area contributed by atoms with Crippen LogP contribution in [0.2, 0.25) is 0 Å². The number of rotatable bonds is 6. The number of phosphoric ester groups is 1. The molecule has 0 saturated carbocycles. The van der Waals surface area contributed by atoms with Crippen molar-refractivity contribution < 1.29 is 18.1 Å². The van der Waals surface area contributed by atoms with E-state index in [9.17, 15) is 0 Å². The summed E-state index contributed by atoms with van der Waals surface area (Å²) in [6, 6.07) is 18.4. The molecule has 3 rings (SSSR count). The largest absolute Gasteiger partial charge is 0.647 e. The van der Waals surface area contributed by atoms with E-state index in [-0.39, 0.29) is 32.5 Å². The molecule has 4 nitrogen and oxygen atoms in total. The lowest BCUT2D eigenvalue weighted by Crippen LogP contribution is -2.18. The number of benzene rings is 3. The molecule has 0 aromatic heterocycles. The van der Waals surface area contributed by atoms with Gasteiger partial charge >= 0.3 is 7.82 Å². The summed E-state index contributed by atoms with van der Waals surface area (Å²) in [6.07, 6.45) is 0. The minimum absolute atomic E-state index is 0.156. The molecule has 0 radical (unpaired) electrons. The fourth-order valence-electron chi connectivity index (χ4n) is 5.00. The van der Waals surface area contributed by atoms with E-state index in [4.69, 9.17) is 13.6 Å². The van der Waals surface area contributed by atoms with E-state index < -0.39 is 7.82 Å². The molecule has 3 aromatic carbocycles. The van der Waals surface area contributed by atoms with Crippen LogP contribution in [-0.2, 0) is 37.1 Å². The Morgan fingerprint density at radius 2 is 0.468 bits per heavy atom. The van der Waals surface area contributed by atoms with Gasteiger partial charge in [-0.05, 0) is 102 Å². The smallest absolute Gasteiger partial charge is 0.386 e. The van der Waals surface area contributed by atoms with Gasteiger partial charge in [-0.2, -0.15) is 4.57 Å². The van der Waals surface area contributed by atoms with E-state index in [0.717, 1.165) is 33.4 Å². The van der Waals surface area contributed by atoms with Gasteiger partial charge in [0.05, 0.1) is 0 Å². The number of phosphoric acid groups is 1. The van der Waals surface area contributed by atoms with Crippen molar-refractivity contribution >= 4 is 7.82 Å². The zero-order chi connectivity index (χ0) is 36.2. The van der Waals surface area contributed by atoms with E-state index in [1.165, 1.54) is 0 Å². The van der Waals surface area contributed by atoms with Gasteiger partial charge in [-0.15, -0.1) is 0 Å². The molecule has 0 aliphatic rings. The highest BCUT2D eigenvalue weighted by atomic mass is 31.2. The molecule has 0 unspecified atom stereocenters. The molecule has 0 N–H and O–H groups in total. The van der Waals surface area contributed by atoms with E-state index in [2.05, 4.69) is 143 Å². The second kappa shape index (κ2) is 12.6. The van der Waals surface area contributed by atoms with Gasteiger partial charge in [-0.25, -0.2) is 0 Å². The standard InChI is InChI=1S/C42H63O4P/c1-37(2,3)28-19-29(38(4,5)6)23-34(22-28)44-47(43,45-35-24-30(39(7,8)9)20-31(25-35)40(10,11)12)46-36-26-32(41(13,14)15)21-33(27-36)42(16,17)18/h19-27H,1-18H3. The van der Waals surface area contributed by atoms with Gasteiger partial charge in [0, 0.05) is 0 Å². The Balaban J connectivity index is 2.31. The Bertz CT molecular complexity index is 1330. The molecule has 0 heterocycles. The maximum Gasteiger partial charge on any atom is 0.647 e. The maximum absolute atomic E-state index is 15.2. The third-order valence-electron chi connectivity index (χ3n) is 8.57. The maximum atomic E-state index is 15.2. The Morgan fingerprint density at radius 1 is 0.319 bits per heavy atom. The molecule has 5 heteroatoms. The Hall–Kier alpha value is -2.71. The van der Waals surface area contributed by atoms with E-state index >= 15 is 4.57 Å². The highest BCUT2D eigenvalue weighted by Gasteiger charge is 2.36. The average molecular weight is 663 g/mol. The van der Waals surface area contributed by atoms with Crippen LogP contribution in [0.5, 0.6) is 17.2 Å². The first kappa shape index (κ1) is 38.7. The van der Waals surface area contributed by atoms with Crippen molar-refractivity contribution in [3.8, 4) is 17.2 Å². The monoisotopic (exact) mass is 662 g/mol. The zero-order valence-corrected chi connectivity index (χ0v) is 33.7. The topological polar surface area (TPSA) is 44.8 Å². The van der Waals surface area contributed by atoms with Crippen molar-refractivity contribution in [2.45, 2.75) is 157 Å². The van der Waals surface area contributed by atoms with Crippen molar-refractivity contribution in [1.82, 2.24) is 0 Å². The highest BCUT2D eigenvalue weighted by molar-refractivity contribution is 7.49. The van der Waals surface area contributed by atoms with Crippen LogP contribution in [0.15, 0.2) is 54.6 Å². The molecule has 0 spiro atoms. The Morgan fingerprint density at radius 3 is 0.596 bits per heavy atom.